The van der Waals surface area contributed by atoms with E-state index in [1.165, 1.54) is 55.6 Å². The van der Waals surface area contributed by atoms with E-state index in [9.17, 15) is 0 Å². The SMILES string of the molecule is [CH2-][n+]1ccccc1-c1cccc(-c2ccc(-c3cccc(-c4cccc(-c5cccc(-c6ccccc6)c5)c4)c3)cc2)c1. The molecule has 0 aliphatic carbocycles. The van der Waals surface area contributed by atoms with Gasteiger partial charge < -0.3 is 4.57 Å². The van der Waals surface area contributed by atoms with Gasteiger partial charge in [0.25, 0.3) is 0 Å². The molecule has 0 saturated heterocycles. The summed E-state index contributed by atoms with van der Waals surface area (Å²) >= 11 is 0. The highest BCUT2D eigenvalue weighted by molar-refractivity contribution is 5.80. The van der Waals surface area contributed by atoms with Gasteiger partial charge in [-0.05, 0) is 85.5 Å². The number of hydrogen-bond donors (Lipinski definition) is 0. The summed E-state index contributed by atoms with van der Waals surface area (Å²) in [4.78, 5) is 0. The predicted molar refractivity (Wildman–Crippen MR) is 180 cm³/mol. The van der Waals surface area contributed by atoms with Crippen LogP contribution in [0, 0.1) is 7.05 Å². The van der Waals surface area contributed by atoms with Crippen LogP contribution in [0.5, 0.6) is 0 Å². The van der Waals surface area contributed by atoms with Crippen molar-refractivity contribution in [1.82, 2.24) is 0 Å². The summed E-state index contributed by atoms with van der Waals surface area (Å²) in [6.45, 7) is 0. The lowest BCUT2D eigenvalue weighted by atomic mass is 9.94. The van der Waals surface area contributed by atoms with E-state index in [4.69, 9.17) is 0 Å². The molecule has 0 saturated carbocycles. The molecule has 0 unspecified atom stereocenters. The van der Waals surface area contributed by atoms with Crippen molar-refractivity contribution in [3.05, 3.63) is 183 Å². The summed E-state index contributed by atoms with van der Waals surface area (Å²) < 4.78 is 1.91. The summed E-state index contributed by atoms with van der Waals surface area (Å²) in [7, 11) is 4.13. The first kappa shape index (κ1) is 26.3. The second-order valence-corrected chi connectivity index (χ2v) is 10.8. The maximum absolute atomic E-state index is 4.13. The summed E-state index contributed by atoms with van der Waals surface area (Å²) in [6.07, 6.45) is 1.98. The normalized spacial score (nSPS) is 10.9. The van der Waals surface area contributed by atoms with Gasteiger partial charge in [-0.25, -0.2) is 0 Å². The van der Waals surface area contributed by atoms with Gasteiger partial charge in [0.05, 0.1) is 6.20 Å². The molecule has 0 fully saturated rings. The van der Waals surface area contributed by atoms with Gasteiger partial charge >= 0.3 is 0 Å². The lowest BCUT2D eigenvalue weighted by molar-refractivity contribution is -0.600. The minimum Gasteiger partial charge on any atom is -0.333 e. The first-order valence-electron chi connectivity index (χ1n) is 14.6. The van der Waals surface area contributed by atoms with Gasteiger partial charge in [0, 0.05) is 7.05 Å². The van der Waals surface area contributed by atoms with Crippen molar-refractivity contribution in [2.75, 3.05) is 0 Å². The maximum Gasteiger partial charge on any atom is 0.112 e. The van der Waals surface area contributed by atoms with Gasteiger partial charge in [0.15, 0.2) is 0 Å². The van der Waals surface area contributed by atoms with E-state index in [1.807, 2.05) is 22.9 Å². The summed E-state index contributed by atoms with van der Waals surface area (Å²) in [5, 5.41) is 0. The van der Waals surface area contributed by atoms with Gasteiger partial charge in [-0.1, -0.05) is 146 Å². The van der Waals surface area contributed by atoms with E-state index in [2.05, 4.69) is 165 Å². The molecule has 0 aliphatic heterocycles. The van der Waals surface area contributed by atoms with Crippen LogP contribution >= 0.6 is 0 Å². The minimum atomic E-state index is 1.09. The van der Waals surface area contributed by atoms with Crippen LogP contribution in [0.2, 0.25) is 0 Å². The molecule has 0 amide bonds. The average Bonchev–Trinajstić information content (AvgIpc) is 3.09. The van der Waals surface area contributed by atoms with Crippen LogP contribution < -0.4 is 4.57 Å². The van der Waals surface area contributed by atoms with Crippen molar-refractivity contribution in [3.63, 3.8) is 0 Å². The fourth-order valence-electron chi connectivity index (χ4n) is 5.72. The Labute approximate surface area is 254 Å². The van der Waals surface area contributed by atoms with Crippen molar-refractivity contribution in [1.29, 1.82) is 0 Å². The number of nitrogens with zero attached hydrogens (tertiary/aromatic N) is 1. The molecule has 1 heteroatoms. The van der Waals surface area contributed by atoms with E-state index in [1.54, 1.807) is 0 Å². The van der Waals surface area contributed by atoms with E-state index in [0.717, 1.165) is 11.3 Å². The van der Waals surface area contributed by atoms with Crippen molar-refractivity contribution >= 4 is 0 Å². The molecule has 0 spiro atoms. The average molecular weight is 550 g/mol. The van der Waals surface area contributed by atoms with Gasteiger partial charge in [-0.3, -0.25) is 0 Å². The second kappa shape index (κ2) is 11.7. The molecule has 6 aromatic carbocycles. The van der Waals surface area contributed by atoms with E-state index < -0.39 is 0 Å². The summed E-state index contributed by atoms with van der Waals surface area (Å²) in [5.74, 6) is 0. The molecule has 0 aliphatic rings. The molecule has 204 valence electrons. The van der Waals surface area contributed by atoms with E-state index in [0.29, 0.717) is 0 Å². The van der Waals surface area contributed by atoms with Crippen molar-refractivity contribution < 1.29 is 4.57 Å². The third-order valence-electron chi connectivity index (χ3n) is 8.01. The Bertz CT molecular complexity index is 2020. The third kappa shape index (κ3) is 5.62. The smallest absolute Gasteiger partial charge is 0.112 e. The maximum atomic E-state index is 4.13. The Kier molecular flexibility index (Phi) is 7.13. The highest BCUT2D eigenvalue weighted by Crippen LogP contribution is 2.33. The molecule has 1 aromatic heterocycles. The highest BCUT2D eigenvalue weighted by atomic mass is 14.9. The number of benzene rings is 6. The molecule has 1 nitrogen and oxygen atoms in total. The Morgan fingerprint density at radius 1 is 0.279 bits per heavy atom. The highest BCUT2D eigenvalue weighted by Gasteiger charge is 2.08. The van der Waals surface area contributed by atoms with Crippen LogP contribution in [0.3, 0.4) is 0 Å². The van der Waals surface area contributed by atoms with Crippen LogP contribution in [-0.4, -0.2) is 0 Å². The second-order valence-electron chi connectivity index (χ2n) is 10.8. The number of hydrogen-bond acceptors (Lipinski definition) is 0. The van der Waals surface area contributed by atoms with Crippen LogP contribution in [0.1, 0.15) is 0 Å². The lowest BCUT2D eigenvalue weighted by Gasteiger charge is -2.11. The summed E-state index contributed by atoms with van der Waals surface area (Å²) in [6, 6.07) is 60.6. The van der Waals surface area contributed by atoms with Crippen LogP contribution in [0.15, 0.2) is 176 Å². The Morgan fingerprint density at radius 3 is 1.05 bits per heavy atom. The predicted octanol–water partition coefficient (Wildman–Crippen LogP) is 10.6. The Balaban J connectivity index is 1.15. The van der Waals surface area contributed by atoms with Crippen LogP contribution in [-0.2, 0) is 0 Å². The Morgan fingerprint density at radius 2 is 0.605 bits per heavy atom. The van der Waals surface area contributed by atoms with Gasteiger partial charge in [0.1, 0.15) is 5.69 Å². The van der Waals surface area contributed by atoms with Crippen molar-refractivity contribution in [2.24, 2.45) is 0 Å². The molecule has 0 atom stereocenters. The minimum absolute atomic E-state index is 1.09. The lowest BCUT2D eigenvalue weighted by Crippen LogP contribution is -2.27. The third-order valence-corrected chi connectivity index (χ3v) is 8.01. The summed E-state index contributed by atoms with van der Waals surface area (Å²) in [5.41, 5.74) is 14.3. The zero-order valence-corrected chi connectivity index (χ0v) is 23.9. The first-order chi connectivity index (χ1) is 21.2. The molecule has 1 heterocycles. The largest absolute Gasteiger partial charge is 0.333 e. The van der Waals surface area contributed by atoms with Gasteiger partial charge in [-0.15, -0.1) is 0 Å². The standard InChI is InChI=1S/C42H31N/c1-43-26-6-5-21-42(43)41-20-10-15-36(30-41)33-24-22-32(23-25-33)35-14-8-17-38(28-35)40-19-9-18-39(29-40)37-16-7-13-34(27-37)31-11-3-2-4-12-31/h2-30H,1H2. The number of aromatic nitrogens is 1. The van der Waals surface area contributed by atoms with Gasteiger partial charge in [-0.2, -0.15) is 0 Å². The Hall–Kier alpha value is -5.66. The van der Waals surface area contributed by atoms with Crippen LogP contribution in [0.25, 0.3) is 66.9 Å². The van der Waals surface area contributed by atoms with E-state index >= 15 is 0 Å². The molecule has 0 N–H and O–H groups in total. The molecule has 7 rings (SSSR count). The molecular weight excluding hydrogens is 518 g/mol. The number of rotatable bonds is 6. The van der Waals surface area contributed by atoms with Gasteiger partial charge in [0.2, 0.25) is 0 Å². The van der Waals surface area contributed by atoms with Crippen molar-refractivity contribution in [3.8, 4) is 66.9 Å². The monoisotopic (exact) mass is 549 g/mol. The van der Waals surface area contributed by atoms with E-state index in [-0.39, 0.29) is 0 Å². The first-order valence-corrected chi connectivity index (χ1v) is 14.6. The zero-order chi connectivity index (χ0) is 29.0. The van der Waals surface area contributed by atoms with Crippen LogP contribution in [0.4, 0.5) is 0 Å². The zero-order valence-electron chi connectivity index (χ0n) is 23.9. The molecule has 0 radical (unpaired) electrons. The molecule has 7 aromatic rings. The fraction of sp³-hybridized carbons (Fsp3) is 0. The molecular formula is C42H31N. The fourth-order valence-corrected chi connectivity index (χ4v) is 5.72. The molecule has 43 heavy (non-hydrogen) atoms. The number of pyridine rings is 1. The molecule has 0 bridgehead atoms. The van der Waals surface area contributed by atoms with Crippen molar-refractivity contribution in [2.45, 2.75) is 0 Å². The topological polar surface area (TPSA) is 3.88 Å². The quantitative estimate of drug-likeness (QED) is 0.143.